The van der Waals surface area contributed by atoms with E-state index >= 15 is 0 Å². The molecule has 0 rings (SSSR count). The Morgan fingerprint density at radius 1 is 0.806 bits per heavy atom. The molecule has 0 aliphatic carbocycles. The number of carbonyl (C=O) groups excluding carboxylic acids is 2. The van der Waals surface area contributed by atoms with Crippen molar-refractivity contribution in [1.82, 2.24) is 5.32 Å². The van der Waals surface area contributed by atoms with Crippen molar-refractivity contribution in [1.29, 1.82) is 0 Å². The Hall–Kier alpha value is -1.36. The van der Waals surface area contributed by atoms with Crippen LogP contribution in [0.15, 0.2) is 12.2 Å². The predicted molar refractivity (Wildman–Crippen MR) is 131 cm³/mol. The molecule has 5 heteroatoms. The van der Waals surface area contributed by atoms with E-state index in [9.17, 15) is 9.59 Å². The number of carbonyl (C=O) groups is 2. The van der Waals surface area contributed by atoms with Crippen LogP contribution in [0, 0.1) is 0 Å². The first-order chi connectivity index (χ1) is 14.9. The highest BCUT2D eigenvalue weighted by atomic mass is 16.5. The van der Waals surface area contributed by atoms with Crippen molar-refractivity contribution in [2.75, 3.05) is 40.8 Å². The molecule has 0 bridgehead atoms. The monoisotopic (exact) mass is 439 g/mol. The van der Waals surface area contributed by atoms with E-state index in [1.807, 2.05) is 14.1 Å². The van der Waals surface area contributed by atoms with Crippen LogP contribution in [0.25, 0.3) is 0 Å². The van der Waals surface area contributed by atoms with Gasteiger partial charge in [-0.05, 0) is 32.1 Å². The standard InChI is InChI=1S/C26H50N2O3/c1-5-6-7-8-9-10-11-12-13-14-15-16-17-18-19-21-25(29)27-22-20-23-28(2,3)24-26(30)31-4/h12-13H,5-11,14-24H2,1-4H3/p+1/b13-12-. The number of likely N-dealkylation sites (N-methyl/N-ethyl adjacent to an activating group) is 1. The van der Waals surface area contributed by atoms with Gasteiger partial charge in [0.15, 0.2) is 6.54 Å². The van der Waals surface area contributed by atoms with Gasteiger partial charge in [0.05, 0.1) is 27.7 Å². The van der Waals surface area contributed by atoms with E-state index in [1.165, 1.54) is 77.7 Å². The Morgan fingerprint density at radius 3 is 1.94 bits per heavy atom. The van der Waals surface area contributed by atoms with Crippen molar-refractivity contribution >= 4 is 11.9 Å². The second-order valence-corrected chi connectivity index (χ2v) is 9.43. The van der Waals surface area contributed by atoms with Crippen LogP contribution < -0.4 is 5.32 Å². The fourth-order valence-corrected chi connectivity index (χ4v) is 3.67. The first kappa shape index (κ1) is 29.6. The van der Waals surface area contributed by atoms with Gasteiger partial charge in [0.1, 0.15) is 0 Å². The fourth-order valence-electron chi connectivity index (χ4n) is 3.67. The fraction of sp³-hybridized carbons (Fsp3) is 0.846. The average molecular weight is 440 g/mol. The zero-order valence-corrected chi connectivity index (χ0v) is 21.1. The van der Waals surface area contributed by atoms with Gasteiger partial charge in [0.2, 0.25) is 5.91 Å². The highest BCUT2D eigenvalue weighted by Gasteiger charge is 2.19. The van der Waals surface area contributed by atoms with Gasteiger partial charge in [-0.25, -0.2) is 4.79 Å². The van der Waals surface area contributed by atoms with E-state index in [-0.39, 0.29) is 11.9 Å². The quantitative estimate of drug-likeness (QED) is 0.107. The summed E-state index contributed by atoms with van der Waals surface area (Å²) >= 11 is 0. The average Bonchev–Trinajstić information content (AvgIpc) is 2.73. The number of unbranched alkanes of at least 4 members (excludes halogenated alkanes) is 11. The summed E-state index contributed by atoms with van der Waals surface area (Å²) in [5.74, 6) is -0.0471. The van der Waals surface area contributed by atoms with E-state index < -0.39 is 0 Å². The minimum Gasteiger partial charge on any atom is -0.465 e. The molecule has 0 aromatic heterocycles. The lowest BCUT2D eigenvalue weighted by atomic mass is 10.1. The molecule has 0 unspecified atom stereocenters. The molecular formula is C26H51N2O3+. The van der Waals surface area contributed by atoms with Crippen molar-refractivity contribution in [3.05, 3.63) is 12.2 Å². The molecule has 1 N–H and O–H groups in total. The van der Waals surface area contributed by atoms with Gasteiger partial charge in [-0.15, -0.1) is 0 Å². The number of esters is 1. The third kappa shape index (κ3) is 21.7. The zero-order chi connectivity index (χ0) is 23.2. The Balaban J connectivity index is 3.43. The summed E-state index contributed by atoms with van der Waals surface area (Å²) in [4.78, 5) is 23.3. The maximum atomic E-state index is 11.9. The van der Waals surface area contributed by atoms with Gasteiger partial charge in [-0.3, -0.25) is 4.79 Å². The Bertz CT molecular complexity index is 475. The Morgan fingerprint density at radius 2 is 1.35 bits per heavy atom. The molecule has 0 aromatic rings. The summed E-state index contributed by atoms with van der Waals surface area (Å²) in [6.45, 7) is 4.13. The minimum atomic E-state index is -0.196. The number of nitrogens with one attached hydrogen (secondary N) is 1. The maximum Gasteiger partial charge on any atom is 0.361 e. The second kappa shape index (κ2) is 20.5. The normalized spacial score (nSPS) is 11.7. The van der Waals surface area contributed by atoms with Crippen LogP contribution in [0.3, 0.4) is 0 Å². The molecule has 0 atom stereocenters. The van der Waals surface area contributed by atoms with Crippen molar-refractivity contribution in [2.24, 2.45) is 0 Å². The Labute approximate surface area is 192 Å². The van der Waals surface area contributed by atoms with E-state index in [0.717, 1.165) is 25.8 Å². The summed E-state index contributed by atoms with van der Waals surface area (Å²) in [5.41, 5.74) is 0. The van der Waals surface area contributed by atoms with Gasteiger partial charge in [0, 0.05) is 19.4 Å². The molecule has 0 aliphatic heterocycles. The van der Waals surface area contributed by atoms with E-state index in [1.54, 1.807) is 0 Å². The number of rotatable bonds is 21. The SMILES string of the molecule is CCCCCCCC/C=C\CCCCCCCC(=O)NCCC[N+](C)(C)CC(=O)OC. The van der Waals surface area contributed by atoms with Crippen molar-refractivity contribution in [3.63, 3.8) is 0 Å². The summed E-state index contributed by atoms with van der Waals surface area (Å²) < 4.78 is 5.30. The minimum absolute atomic E-state index is 0.149. The van der Waals surface area contributed by atoms with Crippen LogP contribution in [0.4, 0.5) is 0 Å². The number of hydrogen-bond donors (Lipinski definition) is 1. The van der Waals surface area contributed by atoms with Gasteiger partial charge in [0.25, 0.3) is 0 Å². The molecule has 5 nitrogen and oxygen atoms in total. The first-order valence-electron chi connectivity index (χ1n) is 12.7. The third-order valence-electron chi connectivity index (χ3n) is 5.71. The zero-order valence-electron chi connectivity index (χ0n) is 21.1. The number of nitrogens with zero attached hydrogens (tertiary/aromatic N) is 1. The van der Waals surface area contributed by atoms with Crippen LogP contribution in [-0.4, -0.2) is 57.2 Å². The topological polar surface area (TPSA) is 55.4 Å². The summed E-state index contributed by atoms with van der Waals surface area (Å²) in [7, 11) is 5.42. The molecule has 0 spiro atoms. The summed E-state index contributed by atoms with van der Waals surface area (Å²) in [6.07, 6.45) is 22.7. The number of hydrogen-bond acceptors (Lipinski definition) is 3. The molecule has 0 aliphatic rings. The molecule has 0 radical (unpaired) electrons. The lowest BCUT2D eigenvalue weighted by Crippen LogP contribution is -2.45. The van der Waals surface area contributed by atoms with Gasteiger partial charge >= 0.3 is 5.97 Å². The van der Waals surface area contributed by atoms with Crippen molar-refractivity contribution in [3.8, 4) is 0 Å². The van der Waals surface area contributed by atoms with E-state index in [0.29, 0.717) is 24.0 Å². The first-order valence-corrected chi connectivity index (χ1v) is 12.7. The number of methoxy groups -OCH3 is 1. The predicted octanol–water partition coefficient (Wildman–Crippen LogP) is 5.78. The molecule has 31 heavy (non-hydrogen) atoms. The highest BCUT2D eigenvalue weighted by Crippen LogP contribution is 2.10. The lowest BCUT2D eigenvalue weighted by molar-refractivity contribution is -0.883. The molecule has 0 heterocycles. The maximum absolute atomic E-state index is 11.9. The Kier molecular flexibility index (Phi) is 19.6. The van der Waals surface area contributed by atoms with Crippen LogP contribution in [0.2, 0.25) is 0 Å². The largest absolute Gasteiger partial charge is 0.465 e. The third-order valence-corrected chi connectivity index (χ3v) is 5.71. The van der Waals surface area contributed by atoms with Gasteiger partial charge in [-0.1, -0.05) is 70.4 Å². The number of amides is 1. The van der Waals surface area contributed by atoms with Crippen LogP contribution in [-0.2, 0) is 14.3 Å². The highest BCUT2D eigenvalue weighted by molar-refractivity contribution is 5.75. The van der Waals surface area contributed by atoms with Crippen LogP contribution in [0.1, 0.15) is 103 Å². The van der Waals surface area contributed by atoms with Gasteiger partial charge in [-0.2, -0.15) is 0 Å². The smallest absolute Gasteiger partial charge is 0.361 e. The number of allylic oxidation sites excluding steroid dienone is 2. The summed E-state index contributed by atoms with van der Waals surface area (Å²) in [6, 6.07) is 0. The molecule has 182 valence electrons. The molecular weight excluding hydrogens is 388 g/mol. The van der Waals surface area contributed by atoms with Crippen LogP contribution in [0.5, 0.6) is 0 Å². The molecule has 0 aromatic carbocycles. The van der Waals surface area contributed by atoms with Crippen molar-refractivity contribution in [2.45, 2.75) is 103 Å². The molecule has 0 saturated heterocycles. The molecule has 1 amide bonds. The van der Waals surface area contributed by atoms with Crippen molar-refractivity contribution < 1.29 is 18.8 Å². The van der Waals surface area contributed by atoms with E-state index in [4.69, 9.17) is 4.74 Å². The second-order valence-electron chi connectivity index (χ2n) is 9.43. The molecule has 0 fully saturated rings. The van der Waals surface area contributed by atoms with Gasteiger partial charge < -0.3 is 14.5 Å². The summed E-state index contributed by atoms with van der Waals surface area (Å²) in [5, 5.41) is 3.00. The number of quaternary nitrogens is 1. The molecule has 0 saturated carbocycles. The number of ether oxygens (including phenoxy) is 1. The lowest BCUT2D eigenvalue weighted by Gasteiger charge is -2.28. The van der Waals surface area contributed by atoms with Crippen LogP contribution >= 0.6 is 0 Å². The van der Waals surface area contributed by atoms with E-state index in [2.05, 4.69) is 24.4 Å².